The Morgan fingerprint density at radius 3 is 2.83 bits per heavy atom. The van der Waals surface area contributed by atoms with Gasteiger partial charge in [0.2, 0.25) is 0 Å². The van der Waals surface area contributed by atoms with Gasteiger partial charge < -0.3 is 5.73 Å². The molecular formula is C8H15N3O. The number of nitrogens with one attached hydrogen (secondary N) is 1. The van der Waals surface area contributed by atoms with Crippen molar-refractivity contribution in [1.82, 2.24) is 9.78 Å². The van der Waals surface area contributed by atoms with Gasteiger partial charge in [0.25, 0.3) is 5.56 Å². The molecule has 0 saturated carbocycles. The second-order valence-corrected chi connectivity index (χ2v) is 3.05. The summed E-state index contributed by atoms with van der Waals surface area (Å²) in [6.07, 6.45) is 2.11. The van der Waals surface area contributed by atoms with Gasteiger partial charge in [0.1, 0.15) is 5.82 Å². The highest BCUT2D eigenvalue weighted by Crippen LogP contribution is 2.13. The first kappa shape index (κ1) is 8.90. The number of rotatable bonds is 3. The molecule has 4 nitrogen and oxygen atoms in total. The Kier molecular flexibility index (Phi) is 2.58. The zero-order valence-electron chi connectivity index (χ0n) is 7.50. The minimum atomic E-state index is -0.129. The molecule has 3 N–H and O–H groups in total. The van der Waals surface area contributed by atoms with E-state index in [0.29, 0.717) is 5.82 Å². The molecule has 0 aliphatic heterocycles. The highest BCUT2D eigenvalue weighted by atomic mass is 16.1. The maximum atomic E-state index is 10.9. The van der Waals surface area contributed by atoms with Gasteiger partial charge in [0.05, 0.1) is 0 Å². The van der Waals surface area contributed by atoms with Crippen molar-refractivity contribution >= 4 is 5.82 Å². The van der Waals surface area contributed by atoms with Crippen molar-refractivity contribution < 1.29 is 0 Å². The first-order valence-electron chi connectivity index (χ1n) is 4.22. The number of aromatic amines is 1. The van der Waals surface area contributed by atoms with Crippen LogP contribution in [0.15, 0.2) is 10.9 Å². The number of hydrogen-bond acceptors (Lipinski definition) is 2. The highest BCUT2D eigenvalue weighted by molar-refractivity contribution is 5.26. The molecule has 1 rings (SSSR count). The van der Waals surface area contributed by atoms with Crippen LogP contribution in [0.2, 0.25) is 0 Å². The van der Waals surface area contributed by atoms with E-state index >= 15 is 0 Å². The SMILES string of the molecule is CCCC(C)n1[nH]c(=O)cc1N. The predicted molar refractivity (Wildman–Crippen MR) is 49.1 cm³/mol. The lowest BCUT2D eigenvalue weighted by atomic mass is 10.2. The van der Waals surface area contributed by atoms with Crippen molar-refractivity contribution in [3.8, 4) is 0 Å². The van der Waals surface area contributed by atoms with E-state index in [0.717, 1.165) is 12.8 Å². The first-order valence-corrected chi connectivity index (χ1v) is 4.22. The van der Waals surface area contributed by atoms with Crippen LogP contribution in [0.3, 0.4) is 0 Å². The van der Waals surface area contributed by atoms with E-state index < -0.39 is 0 Å². The van der Waals surface area contributed by atoms with Crippen LogP contribution in [0.4, 0.5) is 5.82 Å². The third kappa shape index (κ3) is 1.69. The summed E-state index contributed by atoms with van der Waals surface area (Å²) in [5.74, 6) is 0.515. The Morgan fingerprint density at radius 2 is 2.42 bits per heavy atom. The number of nitrogens with zero attached hydrogens (tertiary/aromatic N) is 1. The normalized spacial score (nSPS) is 13.2. The van der Waals surface area contributed by atoms with E-state index in [9.17, 15) is 4.79 Å². The lowest BCUT2D eigenvalue weighted by molar-refractivity contribution is 0.458. The lowest BCUT2D eigenvalue weighted by Crippen LogP contribution is -2.12. The number of H-pyrrole nitrogens is 1. The third-order valence-corrected chi connectivity index (χ3v) is 1.94. The molecule has 0 bridgehead atoms. The maximum absolute atomic E-state index is 10.9. The fourth-order valence-electron chi connectivity index (χ4n) is 1.33. The molecule has 0 aromatic carbocycles. The molecule has 0 aliphatic rings. The fraction of sp³-hybridized carbons (Fsp3) is 0.625. The standard InChI is InChI=1S/C8H15N3O/c1-3-4-6(2)11-7(9)5-8(12)10-11/h5-6H,3-4,9H2,1-2H3,(H,10,12). The molecule has 0 radical (unpaired) electrons. The quantitative estimate of drug-likeness (QED) is 0.712. The van der Waals surface area contributed by atoms with Gasteiger partial charge in [-0.1, -0.05) is 13.3 Å². The largest absolute Gasteiger partial charge is 0.384 e. The first-order chi connectivity index (χ1) is 5.65. The summed E-state index contributed by atoms with van der Waals surface area (Å²) < 4.78 is 1.71. The molecule has 1 unspecified atom stereocenters. The van der Waals surface area contributed by atoms with Gasteiger partial charge in [-0.2, -0.15) is 0 Å². The van der Waals surface area contributed by atoms with Crippen molar-refractivity contribution in [2.45, 2.75) is 32.7 Å². The van der Waals surface area contributed by atoms with E-state index in [-0.39, 0.29) is 11.6 Å². The van der Waals surface area contributed by atoms with E-state index in [1.54, 1.807) is 4.68 Å². The van der Waals surface area contributed by atoms with E-state index in [1.165, 1.54) is 6.07 Å². The van der Waals surface area contributed by atoms with Crippen LogP contribution >= 0.6 is 0 Å². The number of anilines is 1. The molecule has 0 spiro atoms. The van der Waals surface area contributed by atoms with E-state index in [2.05, 4.69) is 12.0 Å². The Morgan fingerprint density at radius 1 is 1.75 bits per heavy atom. The molecule has 0 amide bonds. The zero-order valence-corrected chi connectivity index (χ0v) is 7.50. The minimum absolute atomic E-state index is 0.129. The number of hydrogen-bond donors (Lipinski definition) is 2. The fourth-order valence-corrected chi connectivity index (χ4v) is 1.33. The van der Waals surface area contributed by atoms with Crippen LogP contribution in [0.5, 0.6) is 0 Å². The van der Waals surface area contributed by atoms with Gasteiger partial charge in [-0.05, 0) is 13.3 Å². The van der Waals surface area contributed by atoms with Gasteiger partial charge >= 0.3 is 0 Å². The van der Waals surface area contributed by atoms with Crippen LogP contribution in [0.1, 0.15) is 32.7 Å². The molecule has 1 aromatic rings. The zero-order chi connectivity index (χ0) is 9.14. The summed E-state index contributed by atoms with van der Waals surface area (Å²) in [6.45, 7) is 4.14. The second kappa shape index (κ2) is 3.47. The van der Waals surface area contributed by atoms with Crippen molar-refractivity contribution in [2.24, 2.45) is 0 Å². The summed E-state index contributed by atoms with van der Waals surface area (Å²) >= 11 is 0. The number of aromatic nitrogens is 2. The number of nitrogens with two attached hydrogens (primary N) is 1. The summed E-state index contributed by atoms with van der Waals surface area (Å²) in [5.41, 5.74) is 5.48. The van der Waals surface area contributed by atoms with E-state index in [1.807, 2.05) is 6.92 Å². The summed E-state index contributed by atoms with van der Waals surface area (Å²) in [5, 5.41) is 2.66. The third-order valence-electron chi connectivity index (χ3n) is 1.94. The molecule has 4 heteroatoms. The average Bonchev–Trinajstić information content (AvgIpc) is 2.30. The van der Waals surface area contributed by atoms with E-state index in [4.69, 9.17) is 5.73 Å². The molecule has 1 aromatic heterocycles. The average molecular weight is 169 g/mol. The van der Waals surface area contributed by atoms with Crippen LogP contribution in [-0.2, 0) is 0 Å². The van der Waals surface area contributed by atoms with Gasteiger partial charge in [-0.15, -0.1) is 0 Å². The molecule has 1 atom stereocenters. The van der Waals surface area contributed by atoms with Gasteiger partial charge in [0.15, 0.2) is 0 Å². The maximum Gasteiger partial charge on any atom is 0.266 e. The highest BCUT2D eigenvalue weighted by Gasteiger charge is 2.06. The Hall–Kier alpha value is -1.19. The number of nitrogen functional groups attached to an aromatic ring is 1. The molecule has 68 valence electrons. The van der Waals surface area contributed by atoms with Crippen LogP contribution in [-0.4, -0.2) is 9.78 Å². The monoisotopic (exact) mass is 169 g/mol. The summed E-state index contributed by atoms with van der Waals surface area (Å²) in [4.78, 5) is 10.9. The van der Waals surface area contributed by atoms with Crippen LogP contribution < -0.4 is 11.3 Å². The smallest absolute Gasteiger partial charge is 0.266 e. The molecule has 1 heterocycles. The van der Waals surface area contributed by atoms with Crippen molar-refractivity contribution in [3.63, 3.8) is 0 Å². The molecular weight excluding hydrogens is 154 g/mol. The van der Waals surface area contributed by atoms with Crippen molar-refractivity contribution in [2.75, 3.05) is 5.73 Å². The topological polar surface area (TPSA) is 63.8 Å². The van der Waals surface area contributed by atoms with Crippen molar-refractivity contribution in [3.05, 3.63) is 16.4 Å². The van der Waals surface area contributed by atoms with Gasteiger partial charge in [-0.3, -0.25) is 14.6 Å². The lowest BCUT2D eigenvalue weighted by Gasteiger charge is -2.12. The van der Waals surface area contributed by atoms with Crippen LogP contribution in [0.25, 0.3) is 0 Å². The Labute approximate surface area is 71.4 Å². The second-order valence-electron chi connectivity index (χ2n) is 3.05. The molecule has 0 fully saturated rings. The minimum Gasteiger partial charge on any atom is -0.384 e. The molecule has 12 heavy (non-hydrogen) atoms. The molecule has 0 aliphatic carbocycles. The Bertz CT molecular complexity index is 299. The summed E-state index contributed by atoms with van der Waals surface area (Å²) in [7, 11) is 0. The summed E-state index contributed by atoms with van der Waals surface area (Å²) in [6, 6.07) is 1.68. The predicted octanol–water partition coefficient (Wildman–Crippen LogP) is 1.12. The Balaban J connectivity index is 2.86. The van der Waals surface area contributed by atoms with Gasteiger partial charge in [0, 0.05) is 12.1 Å². The van der Waals surface area contributed by atoms with Crippen LogP contribution in [0, 0.1) is 0 Å². The molecule has 0 saturated heterocycles. The van der Waals surface area contributed by atoms with Gasteiger partial charge in [-0.25, -0.2) is 0 Å². The van der Waals surface area contributed by atoms with Crippen molar-refractivity contribution in [1.29, 1.82) is 0 Å².